The smallest absolute Gasteiger partial charge is 0.320 e. The molecule has 2 rings (SSSR count). The zero-order valence-electron chi connectivity index (χ0n) is 12.2. The van der Waals surface area contributed by atoms with E-state index < -0.39 is 12.0 Å². The minimum Gasteiger partial charge on any atom is -0.480 e. The highest BCUT2D eigenvalue weighted by atomic mass is 16.5. The van der Waals surface area contributed by atoms with E-state index in [4.69, 9.17) is 9.84 Å². The normalized spacial score (nSPS) is 25.2. The van der Waals surface area contributed by atoms with Gasteiger partial charge in [-0.3, -0.25) is 4.79 Å². The second-order valence-corrected chi connectivity index (χ2v) is 6.85. The average Bonchev–Trinajstić information content (AvgIpc) is 3.13. The first-order valence-electron chi connectivity index (χ1n) is 7.57. The summed E-state index contributed by atoms with van der Waals surface area (Å²) in [5.74, 6) is -0.750. The number of nitrogens with one attached hydrogen (secondary N) is 1. The molecule has 0 radical (unpaired) electrons. The molecule has 0 heterocycles. The molecule has 4 nitrogen and oxygen atoms in total. The van der Waals surface area contributed by atoms with Gasteiger partial charge in [-0.2, -0.15) is 0 Å². The Morgan fingerprint density at radius 1 is 1.32 bits per heavy atom. The Bertz CT molecular complexity index is 303. The van der Waals surface area contributed by atoms with Gasteiger partial charge in [-0.15, -0.1) is 0 Å². The highest BCUT2D eigenvalue weighted by Gasteiger charge is 2.29. The SMILES string of the molecule is CC1(C)CCC(OCCC(NC2CC2)C(=O)O)CC1. The standard InChI is InChI=1S/C15H27NO3/c1-15(2)8-5-12(6-9-15)19-10-7-13(14(17)18)16-11-3-4-11/h11-13,16H,3-10H2,1-2H3,(H,17,18). The number of aliphatic carboxylic acids is 1. The minimum absolute atomic E-state index is 0.336. The quantitative estimate of drug-likeness (QED) is 0.746. The molecule has 2 fully saturated rings. The third-order valence-corrected chi connectivity index (χ3v) is 4.36. The van der Waals surface area contributed by atoms with Crippen LogP contribution >= 0.6 is 0 Å². The van der Waals surface area contributed by atoms with Gasteiger partial charge in [0.2, 0.25) is 0 Å². The van der Waals surface area contributed by atoms with Crippen LogP contribution in [0.15, 0.2) is 0 Å². The van der Waals surface area contributed by atoms with Gasteiger partial charge in [-0.25, -0.2) is 0 Å². The Labute approximate surface area is 115 Å². The summed E-state index contributed by atoms with van der Waals surface area (Å²) < 4.78 is 5.86. The molecular formula is C15H27NO3. The maximum absolute atomic E-state index is 11.1. The Kier molecular flexibility index (Phi) is 4.85. The first-order chi connectivity index (χ1) is 8.96. The number of carboxylic acids is 1. The van der Waals surface area contributed by atoms with Crippen molar-refractivity contribution in [1.82, 2.24) is 5.32 Å². The molecule has 110 valence electrons. The average molecular weight is 269 g/mol. The molecule has 0 aromatic rings. The number of hydrogen-bond acceptors (Lipinski definition) is 3. The Morgan fingerprint density at radius 2 is 1.95 bits per heavy atom. The monoisotopic (exact) mass is 269 g/mol. The van der Waals surface area contributed by atoms with Crippen LogP contribution in [0.4, 0.5) is 0 Å². The van der Waals surface area contributed by atoms with Crippen molar-refractivity contribution in [2.24, 2.45) is 5.41 Å². The maximum atomic E-state index is 11.1. The van der Waals surface area contributed by atoms with Crippen LogP contribution < -0.4 is 5.32 Å². The number of carbonyl (C=O) groups is 1. The lowest BCUT2D eigenvalue weighted by atomic mass is 9.76. The summed E-state index contributed by atoms with van der Waals surface area (Å²) in [7, 11) is 0. The summed E-state index contributed by atoms with van der Waals surface area (Å²) in [6.07, 6.45) is 7.78. The van der Waals surface area contributed by atoms with Gasteiger partial charge >= 0.3 is 5.97 Å². The van der Waals surface area contributed by atoms with Gasteiger partial charge in [0.05, 0.1) is 6.10 Å². The van der Waals surface area contributed by atoms with E-state index in [1.54, 1.807) is 0 Å². The van der Waals surface area contributed by atoms with Crippen molar-refractivity contribution in [2.75, 3.05) is 6.61 Å². The molecule has 2 N–H and O–H groups in total. The third-order valence-electron chi connectivity index (χ3n) is 4.36. The zero-order chi connectivity index (χ0) is 13.9. The fourth-order valence-electron chi connectivity index (χ4n) is 2.70. The summed E-state index contributed by atoms with van der Waals surface area (Å²) in [6.45, 7) is 5.17. The molecule has 19 heavy (non-hydrogen) atoms. The molecule has 4 heteroatoms. The topological polar surface area (TPSA) is 58.6 Å². The molecule has 0 aromatic carbocycles. The lowest BCUT2D eigenvalue weighted by Gasteiger charge is -2.34. The van der Waals surface area contributed by atoms with E-state index in [-0.39, 0.29) is 0 Å². The largest absolute Gasteiger partial charge is 0.480 e. The number of carboxylic acid groups (broad SMARTS) is 1. The molecule has 2 aliphatic carbocycles. The Hall–Kier alpha value is -0.610. The van der Waals surface area contributed by atoms with E-state index in [9.17, 15) is 4.79 Å². The van der Waals surface area contributed by atoms with Crippen molar-refractivity contribution in [3.05, 3.63) is 0 Å². The predicted molar refractivity (Wildman–Crippen MR) is 74.2 cm³/mol. The van der Waals surface area contributed by atoms with Crippen molar-refractivity contribution < 1.29 is 14.6 Å². The Balaban J connectivity index is 1.63. The summed E-state index contributed by atoms with van der Waals surface area (Å²) in [4.78, 5) is 11.1. The van der Waals surface area contributed by atoms with Crippen molar-refractivity contribution in [1.29, 1.82) is 0 Å². The summed E-state index contributed by atoms with van der Waals surface area (Å²) >= 11 is 0. The lowest BCUT2D eigenvalue weighted by Crippen LogP contribution is -2.39. The van der Waals surface area contributed by atoms with E-state index in [0.717, 1.165) is 25.7 Å². The van der Waals surface area contributed by atoms with Crippen molar-refractivity contribution in [3.63, 3.8) is 0 Å². The van der Waals surface area contributed by atoms with Crippen LogP contribution in [0.5, 0.6) is 0 Å². The Morgan fingerprint density at radius 3 is 2.47 bits per heavy atom. The molecule has 0 aliphatic heterocycles. The van der Waals surface area contributed by atoms with E-state index >= 15 is 0 Å². The molecule has 2 saturated carbocycles. The molecule has 0 saturated heterocycles. The highest BCUT2D eigenvalue weighted by Crippen LogP contribution is 2.36. The van der Waals surface area contributed by atoms with Gasteiger partial charge in [0.15, 0.2) is 0 Å². The number of hydrogen-bond donors (Lipinski definition) is 2. The van der Waals surface area contributed by atoms with Crippen LogP contribution in [0.25, 0.3) is 0 Å². The zero-order valence-corrected chi connectivity index (χ0v) is 12.2. The maximum Gasteiger partial charge on any atom is 0.320 e. The highest BCUT2D eigenvalue weighted by molar-refractivity contribution is 5.73. The number of ether oxygens (including phenoxy) is 1. The van der Waals surface area contributed by atoms with Gasteiger partial charge in [0, 0.05) is 12.6 Å². The summed E-state index contributed by atoms with van der Waals surface area (Å²) in [5, 5.41) is 12.3. The van der Waals surface area contributed by atoms with Gasteiger partial charge in [-0.1, -0.05) is 13.8 Å². The molecule has 1 atom stereocenters. The van der Waals surface area contributed by atoms with Crippen LogP contribution in [0.3, 0.4) is 0 Å². The van der Waals surface area contributed by atoms with Gasteiger partial charge in [0.25, 0.3) is 0 Å². The molecule has 0 amide bonds. The van der Waals surface area contributed by atoms with E-state index in [0.29, 0.717) is 30.6 Å². The predicted octanol–water partition coefficient (Wildman–Crippen LogP) is 2.57. The molecule has 1 unspecified atom stereocenters. The van der Waals surface area contributed by atoms with Crippen LogP contribution in [-0.4, -0.2) is 35.9 Å². The van der Waals surface area contributed by atoms with Crippen LogP contribution in [0.2, 0.25) is 0 Å². The van der Waals surface area contributed by atoms with Gasteiger partial charge < -0.3 is 15.2 Å². The van der Waals surface area contributed by atoms with Crippen LogP contribution in [0.1, 0.15) is 58.8 Å². The van der Waals surface area contributed by atoms with Crippen molar-refractivity contribution >= 4 is 5.97 Å². The molecule has 0 spiro atoms. The second-order valence-electron chi connectivity index (χ2n) is 6.85. The molecule has 0 aromatic heterocycles. The van der Waals surface area contributed by atoms with E-state index in [2.05, 4.69) is 19.2 Å². The fraction of sp³-hybridized carbons (Fsp3) is 0.933. The first kappa shape index (κ1) is 14.8. The summed E-state index contributed by atoms with van der Waals surface area (Å²) in [5.41, 5.74) is 0.455. The van der Waals surface area contributed by atoms with E-state index in [1.807, 2.05) is 0 Å². The van der Waals surface area contributed by atoms with Gasteiger partial charge in [0.1, 0.15) is 6.04 Å². The third kappa shape index (κ3) is 5.11. The fourth-order valence-corrected chi connectivity index (χ4v) is 2.70. The molecule has 0 bridgehead atoms. The van der Waals surface area contributed by atoms with Crippen LogP contribution in [0, 0.1) is 5.41 Å². The van der Waals surface area contributed by atoms with Crippen molar-refractivity contribution in [2.45, 2.75) is 77.0 Å². The van der Waals surface area contributed by atoms with E-state index in [1.165, 1.54) is 12.8 Å². The summed E-state index contributed by atoms with van der Waals surface area (Å²) in [6, 6.07) is -0.0101. The second kappa shape index (κ2) is 6.23. The first-order valence-corrected chi connectivity index (χ1v) is 7.57. The van der Waals surface area contributed by atoms with Crippen LogP contribution in [-0.2, 0) is 9.53 Å². The lowest BCUT2D eigenvalue weighted by molar-refractivity contribution is -0.140. The van der Waals surface area contributed by atoms with Crippen molar-refractivity contribution in [3.8, 4) is 0 Å². The minimum atomic E-state index is -0.750. The molecule has 2 aliphatic rings. The van der Waals surface area contributed by atoms with Gasteiger partial charge in [-0.05, 0) is 50.4 Å². The number of rotatable bonds is 7. The molecular weight excluding hydrogens is 242 g/mol.